The Morgan fingerprint density at radius 2 is 1.82 bits per heavy atom. The van der Waals surface area contributed by atoms with E-state index < -0.39 is 0 Å². The standard InChI is InChI=1S/C10H14O/c1-5-9(3)7-8-10(6-2)11-4/h5-8H,1-2H2,3-4H3. The van der Waals surface area contributed by atoms with Gasteiger partial charge in [0.1, 0.15) is 5.76 Å². The van der Waals surface area contributed by atoms with Gasteiger partial charge in [-0.1, -0.05) is 30.9 Å². The highest BCUT2D eigenvalue weighted by Crippen LogP contribution is 1.99. The van der Waals surface area contributed by atoms with Crippen LogP contribution < -0.4 is 0 Å². The lowest BCUT2D eigenvalue weighted by Crippen LogP contribution is -1.78. The van der Waals surface area contributed by atoms with Crippen LogP contribution >= 0.6 is 0 Å². The second kappa shape index (κ2) is 5.54. The van der Waals surface area contributed by atoms with Crippen LogP contribution in [0, 0.1) is 0 Å². The molecule has 0 radical (unpaired) electrons. The predicted octanol–water partition coefficient (Wildman–Crippen LogP) is 2.84. The first-order valence-electron chi connectivity index (χ1n) is 3.42. The van der Waals surface area contributed by atoms with Crippen molar-refractivity contribution in [2.45, 2.75) is 6.92 Å². The first kappa shape index (κ1) is 9.76. The number of rotatable bonds is 4. The van der Waals surface area contributed by atoms with Gasteiger partial charge in [-0.25, -0.2) is 0 Å². The quantitative estimate of drug-likeness (QED) is 0.442. The van der Waals surface area contributed by atoms with E-state index in [1.807, 2.05) is 19.1 Å². The average molecular weight is 150 g/mol. The Balaban J connectivity index is 4.28. The van der Waals surface area contributed by atoms with E-state index in [1.165, 1.54) is 0 Å². The fraction of sp³-hybridized carbons (Fsp3) is 0.200. The molecule has 0 rings (SSSR count). The van der Waals surface area contributed by atoms with E-state index in [2.05, 4.69) is 13.2 Å². The minimum Gasteiger partial charge on any atom is -0.497 e. The van der Waals surface area contributed by atoms with Crippen molar-refractivity contribution in [2.75, 3.05) is 7.11 Å². The van der Waals surface area contributed by atoms with Crippen LogP contribution in [0.25, 0.3) is 0 Å². The van der Waals surface area contributed by atoms with Gasteiger partial charge >= 0.3 is 0 Å². The van der Waals surface area contributed by atoms with Gasteiger partial charge in [0, 0.05) is 0 Å². The number of ether oxygens (including phenoxy) is 1. The van der Waals surface area contributed by atoms with E-state index >= 15 is 0 Å². The van der Waals surface area contributed by atoms with Crippen molar-refractivity contribution >= 4 is 0 Å². The summed E-state index contributed by atoms with van der Waals surface area (Å²) >= 11 is 0. The van der Waals surface area contributed by atoms with Crippen molar-refractivity contribution in [1.29, 1.82) is 0 Å². The molecule has 11 heavy (non-hydrogen) atoms. The first-order valence-corrected chi connectivity index (χ1v) is 3.42. The number of allylic oxidation sites excluding steroid dienone is 5. The van der Waals surface area contributed by atoms with Crippen molar-refractivity contribution < 1.29 is 4.74 Å². The Hall–Kier alpha value is -1.24. The van der Waals surface area contributed by atoms with Crippen LogP contribution in [0.15, 0.2) is 48.8 Å². The van der Waals surface area contributed by atoms with Gasteiger partial charge in [0.15, 0.2) is 0 Å². The van der Waals surface area contributed by atoms with Crippen molar-refractivity contribution in [1.82, 2.24) is 0 Å². The lowest BCUT2D eigenvalue weighted by atomic mass is 10.2. The van der Waals surface area contributed by atoms with Crippen LogP contribution in [0.1, 0.15) is 6.92 Å². The van der Waals surface area contributed by atoms with Gasteiger partial charge in [0.25, 0.3) is 0 Å². The summed E-state index contributed by atoms with van der Waals surface area (Å²) in [5, 5.41) is 0. The minimum absolute atomic E-state index is 0.756. The molecule has 0 aromatic carbocycles. The van der Waals surface area contributed by atoms with Crippen LogP contribution in [0.2, 0.25) is 0 Å². The summed E-state index contributed by atoms with van der Waals surface area (Å²) in [6.07, 6.45) is 7.22. The van der Waals surface area contributed by atoms with Crippen LogP contribution in [-0.4, -0.2) is 7.11 Å². The van der Waals surface area contributed by atoms with Crippen molar-refractivity contribution in [3.8, 4) is 0 Å². The SMILES string of the molecule is C=CC(C)=CC=C(C=C)OC. The largest absolute Gasteiger partial charge is 0.497 e. The third-order valence-corrected chi connectivity index (χ3v) is 1.27. The van der Waals surface area contributed by atoms with Crippen molar-refractivity contribution in [3.05, 3.63) is 48.8 Å². The molecule has 0 aromatic heterocycles. The molecule has 0 unspecified atom stereocenters. The lowest BCUT2D eigenvalue weighted by Gasteiger charge is -1.96. The zero-order valence-electron chi connectivity index (χ0n) is 7.13. The number of hydrogen-bond donors (Lipinski definition) is 0. The fourth-order valence-corrected chi connectivity index (χ4v) is 0.501. The Bertz CT molecular complexity index is 197. The van der Waals surface area contributed by atoms with Gasteiger partial charge in [0.05, 0.1) is 7.11 Å². The minimum atomic E-state index is 0.756. The summed E-state index contributed by atoms with van der Waals surface area (Å²) in [7, 11) is 1.62. The van der Waals surface area contributed by atoms with Gasteiger partial charge in [-0.05, 0) is 19.1 Å². The molecule has 0 bridgehead atoms. The molecule has 1 heteroatoms. The molecular weight excluding hydrogens is 136 g/mol. The maximum Gasteiger partial charge on any atom is 0.118 e. The van der Waals surface area contributed by atoms with Gasteiger partial charge in [-0.3, -0.25) is 0 Å². The number of hydrogen-bond acceptors (Lipinski definition) is 1. The highest BCUT2D eigenvalue weighted by Gasteiger charge is 1.83. The summed E-state index contributed by atoms with van der Waals surface area (Å²) < 4.78 is 4.96. The Labute approximate surface area is 68.4 Å². The number of methoxy groups -OCH3 is 1. The summed E-state index contributed by atoms with van der Waals surface area (Å²) in [6, 6.07) is 0. The maximum absolute atomic E-state index is 4.96. The van der Waals surface area contributed by atoms with Crippen LogP contribution in [0.4, 0.5) is 0 Å². The van der Waals surface area contributed by atoms with Crippen LogP contribution in [0.5, 0.6) is 0 Å². The molecular formula is C10H14O. The molecule has 0 atom stereocenters. The monoisotopic (exact) mass is 150 g/mol. The molecule has 0 aromatic rings. The molecule has 0 aliphatic carbocycles. The van der Waals surface area contributed by atoms with Gasteiger partial charge < -0.3 is 4.74 Å². The third-order valence-electron chi connectivity index (χ3n) is 1.27. The van der Waals surface area contributed by atoms with E-state index in [0.717, 1.165) is 11.3 Å². The Morgan fingerprint density at radius 3 is 2.18 bits per heavy atom. The molecule has 0 heterocycles. The second-order valence-electron chi connectivity index (χ2n) is 2.09. The zero-order valence-corrected chi connectivity index (χ0v) is 7.13. The third kappa shape index (κ3) is 4.20. The Kier molecular flexibility index (Phi) is 4.91. The topological polar surface area (TPSA) is 9.23 Å². The zero-order chi connectivity index (χ0) is 8.69. The molecule has 0 saturated carbocycles. The molecule has 0 spiro atoms. The Morgan fingerprint density at radius 1 is 1.18 bits per heavy atom. The smallest absolute Gasteiger partial charge is 0.118 e. The van der Waals surface area contributed by atoms with Crippen LogP contribution in [0.3, 0.4) is 0 Å². The van der Waals surface area contributed by atoms with E-state index in [1.54, 1.807) is 19.3 Å². The molecule has 0 aliphatic heterocycles. The normalized spacial score (nSPS) is 12.5. The highest BCUT2D eigenvalue weighted by atomic mass is 16.5. The summed E-state index contributed by atoms with van der Waals surface area (Å²) in [5.41, 5.74) is 1.10. The maximum atomic E-state index is 4.96. The van der Waals surface area contributed by atoms with E-state index in [-0.39, 0.29) is 0 Å². The van der Waals surface area contributed by atoms with E-state index in [4.69, 9.17) is 4.74 Å². The summed E-state index contributed by atoms with van der Waals surface area (Å²) in [6.45, 7) is 9.19. The van der Waals surface area contributed by atoms with Gasteiger partial charge in [-0.15, -0.1) is 0 Å². The average Bonchev–Trinajstić information content (AvgIpc) is 2.06. The van der Waals surface area contributed by atoms with Gasteiger partial charge in [-0.2, -0.15) is 0 Å². The summed E-state index contributed by atoms with van der Waals surface area (Å²) in [4.78, 5) is 0. The molecule has 0 N–H and O–H groups in total. The fourth-order valence-electron chi connectivity index (χ4n) is 0.501. The van der Waals surface area contributed by atoms with E-state index in [0.29, 0.717) is 0 Å². The highest BCUT2D eigenvalue weighted by molar-refractivity contribution is 5.24. The summed E-state index contributed by atoms with van der Waals surface area (Å²) in [5.74, 6) is 0.756. The van der Waals surface area contributed by atoms with E-state index in [9.17, 15) is 0 Å². The lowest BCUT2D eigenvalue weighted by molar-refractivity contribution is 0.307. The molecule has 0 amide bonds. The molecule has 1 nitrogen and oxygen atoms in total. The van der Waals surface area contributed by atoms with Crippen LogP contribution in [-0.2, 0) is 4.74 Å². The van der Waals surface area contributed by atoms with Gasteiger partial charge in [0.2, 0.25) is 0 Å². The molecule has 0 aliphatic rings. The predicted molar refractivity (Wildman–Crippen MR) is 49.2 cm³/mol. The first-order chi connectivity index (χ1) is 5.24. The van der Waals surface area contributed by atoms with Crippen molar-refractivity contribution in [3.63, 3.8) is 0 Å². The molecule has 0 saturated heterocycles. The molecule has 60 valence electrons. The van der Waals surface area contributed by atoms with Crippen molar-refractivity contribution in [2.24, 2.45) is 0 Å². The second-order valence-corrected chi connectivity index (χ2v) is 2.09. The molecule has 0 fully saturated rings.